The molecule has 0 bridgehead atoms. The number of ether oxygens (including phenoxy) is 8. The fourth-order valence-corrected chi connectivity index (χ4v) is 4.71. The molecule has 11 heteroatoms. The molecule has 0 spiro atoms. The lowest BCUT2D eigenvalue weighted by Gasteiger charge is -2.33. The molecule has 2 N–H and O–H groups in total. The van der Waals surface area contributed by atoms with Gasteiger partial charge in [-0.25, -0.2) is 0 Å². The minimum absolute atomic E-state index is 0.0368. The van der Waals surface area contributed by atoms with Crippen LogP contribution in [0.3, 0.4) is 0 Å². The quantitative estimate of drug-likeness (QED) is 0.127. The van der Waals surface area contributed by atoms with Crippen molar-refractivity contribution in [3.05, 3.63) is 107 Å². The summed E-state index contributed by atoms with van der Waals surface area (Å²) in [6.07, 6.45) is 0. The third-order valence-corrected chi connectivity index (χ3v) is 7.06. The topological polar surface area (TPSA) is 131 Å². The van der Waals surface area contributed by atoms with Gasteiger partial charge >= 0.3 is 0 Å². The van der Waals surface area contributed by atoms with E-state index in [0.717, 1.165) is 5.56 Å². The number of benzene rings is 4. The number of aliphatic hydroxyl groups is 2. The van der Waals surface area contributed by atoms with Gasteiger partial charge in [0, 0.05) is 37.5 Å². The van der Waals surface area contributed by atoms with Crippen LogP contribution in [0.2, 0.25) is 0 Å². The van der Waals surface area contributed by atoms with Crippen LogP contribution >= 0.6 is 0 Å². The van der Waals surface area contributed by atoms with Crippen LogP contribution < -0.4 is 28.4 Å². The van der Waals surface area contributed by atoms with Gasteiger partial charge in [0.15, 0.2) is 5.78 Å². The Labute approximate surface area is 275 Å². The molecule has 0 radical (unpaired) electrons. The molecule has 0 saturated carbocycles. The zero-order chi connectivity index (χ0) is 34.2. The molecular weight excluding hydrogens is 608 g/mol. The molecule has 4 rings (SSSR count). The van der Waals surface area contributed by atoms with Crippen molar-refractivity contribution in [1.82, 2.24) is 0 Å². The first-order valence-corrected chi connectivity index (χ1v) is 14.6. The van der Waals surface area contributed by atoms with E-state index in [-0.39, 0.29) is 32.2 Å². The smallest absolute Gasteiger partial charge is 0.225 e. The Morgan fingerprint density at radius 2 is 1.04 bits per heavy atom. The minimum Gasteiger partial charge on any atom is -0.497 e. The van der Waals surface area contributed by atoms with Crippen molar-refractivity contribution in [1.29, 1.82) is 0 Å². The molecule has 11 nitrogen and oxygen atoms in total. The number of hydrogen-bond donors (Lipinski definition) is 2. The van der Waals surface area contributed by atoms with Gasteiger partial charge in [-0.05, 0) is 72.8 Å². The highest BCUT2D eigenvalue weighted by atomic mass is 16.7. The number of rotatable bonds is 16. The van der Waals surface area contributed by atoms with Crippen LogP contribution in [0.1, 0.15) is 27.0 Å². The molecular formula is C36H42O11. The fourth-order valence-electron chi connectivity index (χ4n) is 4.71. The molecule has 0 aliphatic rings. The van der Waals surface area contributed by atoms with Gasteiger partial charge in [-0.3, -0.25) is 4.79 Å². The van der Waals surface area contributed by atoms with E-state index < -0.39 is 5.79 Å². The van der Waals surface area contributed by atoms with Crippen molar-refractivity contribution in [3.63, 3.8) is 0 Å². The Morgan fingerprint density at radius 1 is 0.574 bits per heavy atom. The van der Waals surface area contributed by atoms with Crippen molar-refractivity contribution in [2.45, 2.75) is 5.79 Å². The first kappa shape index (κ1) is 36.7. The second-order valence-corrected chi connectivity index (χ2v) is 9.68. The summed E-state index contributed by atoms with van der Waals surface area (Å²) in [6.45, 7) is 0.375. The summed E-state index contributed by atoms with van der Waals surface area (Å²) in [4.78, 5) is 12.5. The largest absolute Gasteiger partial charge is 0.497 e. The number of aliphatic hydroxyl groups excluding tert-OH is 2. The average Bonchev–Trinajstić information content (AvgIpc) is 3.14. The molecule has 0 amide bonds. The van der Waals surface area contributed by atoms with Crippen molar-refractivity contribution in [2.24, 2.45) is 0 Å². The van der Waals surface area contributed by atoms with Crippen LogP contribution in [-0.4, -0.2) is 85.1 Å². The summed E-state index contributed by atoms with van der Waals surface area (Å²) >= 11 is 0. The van der Waals surface area contributed by atoms with Gasteiger partial charge < -0.3 is 48.1 Å². The van der Waals surface area contributed by atoms with E-state index in [9.17, 15) is 4.79 Å². The molecule has 0 aromatic heterocycles. The van der Waals surface area contributed by atoms with Gasteiger partial charge in [-0.2, -0.15) is 0 Å². The van der Waals surface area contributed by atoms with Crippen LogP contribution in [0, 0.1) is 0 Å². The Balaban J connectivity index is 0.000000257. The normalized spacial score (nSPS) is 10.7. The van der Waals surface area contributed by atoms with Crippen LogP contribution in [-0.2, 0) is 15.3 Å². The molecule has 252 valence electrons. The van der Waals surface area contributed by atoms with Crippen molar-refractivity contribution in [2.75, 3.05) is 69.1 Å². The Morgan fingerprint density at radius 3 is 1.51 bits per heavy atom. The average molecular weight is 651 g/mol. The third-order valence-electron chi connectivity index (χ3n) is 7.06. The molecule has 47 heavy (non-hydrogen) atoms. The molecule has 0 saturated heterocycles. The highest BCUT2D eigenvalue weighted by molar-refractivity contribution is 6.10. The highest BCUT2D eigenvalue weighted by Crippen LogP contribution is 2.41. The monoisotopic (exact) mass is 650 g/mol. The van der Waals surface area contributed by atoms with Crippen molar-refractivity contribution < 1.29 is 52.9 Å². The molecule has 4 aromatic carbocycles. The van der Waals surface area contributed by atoms with Crippen LogP contribution in [0.4, 0.5) is 0 Å². The summed E-state index contributed by atoms with van der Waals surface area (Å²) in [5.74, 6) is 2.32. The van der Waals surface area contributed by atoms with Gasteiger partial charge in [-0.1, -0.05) is 0 Å². The Hall–Kier alpha value is -4.81. The van der Waals surface area contributed by atoms with Crippen molar-refractivity contribution in [3.8, 4) is 34.5 Å². The standard InChI is InChI=1S/C19H24O6.C17H18O5/c1-21-16-9-10-17(18(13-16)22-2)19(23-3,24-4)14-5-7-15(8-6-14)25-12-11-20;1-20-14-7-8-15(16(11-14)21-2)17(19)12-3-5-13(6-4-12)22-10-9-18/h5-10,13,20H,11-12H2,1-4H3;3-8,11,18H,9-10H2,1-2H3. The third kappa shape index (κ3) is 9.14. The van der Waals surface area contributed by atoms with Crippen LogP contribution in [0.15, 0.2) is 84.9 Å². The predicted molar refractivity (Wildman–Crippen MR) is 175 cm³/mol. The van der Waals surface area contributed by atoms with E-state index >= 15 is 0 Å². The van der Waals surface area contributed by atoms with E-state index in [1.165, 1.54) is 7.11 Å². The van der Waals surface area contributed by atoms with Gasteiger partial charge in [-0.15, -0.1) is 0 Å². The number of methoxy groups -OCH3 is 6. The number of carbonyl (C=O) groups is 1. The maximum Gasteiger partial charge on any atom is 0.225 e. The number of ketones is 1. The van der Waals surface area contributed by atoms with Crippen LogP contribution in [0.5, 0.6) is 34.5 Å². The second kappa shape index (κ2) is 18.4. The molecule has 0 aliphatic heterocycles. The van der Waals surface area contributed by atoms with E-state index in [2.05, 4.69) is 0 Å². The van der Waals surface area contributed by atoms with E-state index in [0.29, 0.717) is 51.2 Å². The molecule has 0 heterocycles. The minimum atomic E-state index is -1.15. The van der Waals surface area contributed by atoms with E-state index in [1.807, 2.05) is 24.3 Å². The van der Waals surface area contributed by atoms with E-state index in [4.69, 9.17) is 48.1 Å². The first-order valence-electron chi connectivity index (χ1n) is 14.6. The Kier molecular flexibility index (Phi) is 14.3. The maximum atomic E-state index is 12.5. The Bertz CT molecular complexity index is 1530. The zero-order valence-corrected chi connectivity index (χ0v) is 27.5. The van der Waals surface area contributed by atoms with E-state index in [1.54, 1.807) is 96.2 Å². The van der Waals surface area contributed by atoms with Crippen molar-refractivity contribution >= 4 is 5.78 Å². The SMILES string of the molecule is COc1ccc(C(=O)c2ccc(OCCO)cc2)c(OC)c1.COc1ccc(C(OC)(OC)c2ccc(OCCO)cc2)c(OC)c1. The lowest BCUT2D eigenvalue weighted by molar-refractivity contribution is -0.184. The molecule has 4 aromatic rings. The van der Waals surface area contributed by atoms with Gasteiger partial charge in [0.25, 0.3) is 0 Å². The summed E-state index contributed by atoms with van der Waals surface area (Å²) in [5, 5.41) is 17.6. The lowest BCUT2D eigenvalue weighted by atomic mass is 9.95. The zero-order valence-electron chi connectivity index (χ0n) is 27.5. The molecule has 0 aliphatic carbocycles. The first-order chi connectivity index (χ1) is 22.8. The van der Waals surface area contributed by atoms with Crippen LogP contribution in [0.25, 0.3) is 0 Å². The number of hydrogen-bond acceptors (Lipinski definition) is 11. The van der Waals surface area contributed by atoms with Gasteiger partial charge in [0.1, 0.15) is 47.7 Å². The predicted octanol–water partition coefficient (Wildman–Crippen LogP) is 4.87. The molecule has 0 fully saturated rings. The maximum absolute atomic E-state index is 12.5. The molecule has 0 atom stereocenters. The van der Waals surface area contributed by atoms with Gasteiger partial charge in [0.2, 0.25) is 5.79 Å². The fraction of sp³-hybridized carbons (Fsp3) is 0.306. The molecule has 0 unspecified atom stereocenters. The highest BCUT2D eigenvalue weighted by Gasteiger charge is 2.37. The summed E-state index contributed by atoms with van der Waals surface area (Å²) in [7, 11) is 9.39. The number of carbonyl (C=O) groups excluding carboxylic acids is 1. The summed E-state index contributed by atoms with van der Waals surface area (Å²) < 4.78 is 43.3. The lowest BCUT2D eigenvalue weighted by Crippen LogP contribution is -2.32. The summed E-state index contributed by atoms with van der Waals surface area (Å²) in [6, 6.07) is 24.6. The summed E-state index contributed by atoms with van der Waals surface area (Å²) in [5.41, 5.74) is 2.48. The second-order valence-electron chi connectivity index (χ2n) is 9.68. The van der Waals surface area contributed by atoms with Gasteiger partial charge in [0.05, 0.1) is 52.8 Å².